The number of alkyl halides is 4. The Balaban J connectivity index is 1.42. The molecule has 1 aliphatic carbocycles. The first-order valence-corrected chi connectivity index (χ1v) is 11.3. The molecule has 3 heterocycles. The molecule has 0 N–H and O–H groups in total. The standard InChI is InChI=1S/C22H28F4N4O2/c1-13(10-30-11-15(23)4-5-19(30)31)8-20(32)29-7-6-16-17(12-29)27-18(9-14-2-3-14)28-21(16)22(24,25)26/h13-15H,2-12H2,1H3/t13-,15?/m0/s1. The van der Waals surface area contributed by atoms with Gasteiger partial charge in [0, 0.05) is 37.9 Å². The molecule has 1 aromatic rings. The molecular weight excluding hydrogens is 428 g/mol. The third-order valence-corrected chi connectivity index (χ3v) is 6.40. The van der Waals surface area contributed by atoms with E-state index in [1.54, 1.807) is 0 Å². The van der Waals surface area contributed by atoms with Crippen molar-refractivity contribution < 1.29 is 27.2 Å². The number of hydrogen-bond acceptors (Lipinski definition) is 4. The van der Waals surface area contributed by atoms with Gasteiger partial charge in [-0.2, -0.15) is 13.2 Å². The number of fused-ring (bicyclic) bond motifs is 1. The average Bonchev–Trinajstić information content (AvgIpc) is 3.53. The lowest BCUT2D eigenvalue weighted by molar-refractivity contribution is -0.142. The van der Waals surface area contributed by atoms with Crippen LogP contribution in [0.1, 0.15) is 61.8 Å². The van der Waals surface area contributed by atoms with Crippen LogP contribution in [-0.2, 0) is 35.2 Å². The molecule has 10 heteroatoms. The van der Waals surface area contributed by atoms with E-state index in [4.69, 9.17) is 0 Å². The molecule has 2 atom stereocenters. The Kier molecular flexibility index (Phi) is 6.40. The lowest BCUT2D eigenvalue weighted by atomic mass is 9.99. The minimum absolute atomic E-state index is 0.0271. The van der Waals surface area contributed by atoms with Crippen LogP contribution in [0.25, 0.3) is 0 Å². The molecule has 0 aromatic carbocycles. The molecule has 1 unspecified atom stereocenters. The van der Waals surface area contributed by atoms with E-state index >= 15 is 0 Å². The number of rotatable bonds is 6. The maximum atomic E-state index is 13.6. The summed E-state index contributed by atoms with van der Waals surface area (Å²) >= 11 is 0. The number of nitrogens with zero attached hydrogens (tertiary/aromatic N) is 4. The molecule has 176 valence electrons. The van der Waals surface area contributed by atoms with Crippen molar-refractivity contribution in [1.29, 1.82) is 0 Å². The Hall–Kier alpha value is -2.26. The molecule has 2 amide bonds. The second kappa shape index (κ2) is 8.94. The number of aromatic nitrogens is 2. The van der Waals surface area contributed by atoms with Gasteiger partial charge >= 0.3 is 6.18 Å². The summed E-state index contributed by atoms with van der Waals surface area (Å²) in [4.78, 5) is 36.0. The third kappa shape index (κ3) is 5.38. The van der Waals surface area contributed by atoms with Crippen LogP contribution in [0.5, 0.6) is 0 Å². The van der Waals surface area contributed by atoms with Gasteiger partial charge in [-0.3, -0.25) is 9.59 Å². The summed E-state index contributed by atoms with van der Waals surface area (Å²) in [6, 6.07) is 0. The van der Waals surface area contributed by atoms with E-state index in [0.717, 1.165) is 12.8 Å². The fourth-order valence-corrected chi connectivity index (χ4v) is 4.52. The van der Waals surface area contributed by atoms with Gasteiger partial charge in [0.05, 0.1) is 18.8 Å². The van der Waals surface area contributed by atoms with Gasteiger partial charge in [-0.25, -0.2) is 14.4 Å². The SMILES string of the molecule is C[C@@H](CC(=O)N1CCc2c(nc(CC3CC3)nc2C(F)(F)F)C1)CN1CC(F)CCC1=O. The molecule has 32 heavy (non-hydrogen) atoms. The molecule has 1 saturated heterocycles. The summed E-state index contributed by atoms with van der Waals surface area (Å²) in [5.41, 5.74) is -0.508. The van der Waals surface area contributed by atoms with E-state index in [9.17, 15) is 27.2 Å². The number of piperidine rings is 1. The van der Waals surface area contributed by atoms with Crippen molar-refractivity contribution in [2.24, 2.45) is 11.8 Å². The lowest BCUT2D eigenvalue weighted by Crippen LogP contribution is -2.44. The van der Waals surface area contributed by atoms with Crippen molar-refractivity contribution in [1.82, 2.24) is 19.8 Å². The minimum atomic E-state index is -4.55. The van der Waals surface area contributed by atoms with Crippen molar-refractivity contribution in [2.45, 2.75) is 70.8 Å². The first kappa shape index (κ1) is 22.9. The summed E-state index contributed by atoms with van der Waals surface area (Å²) in [7, 11) is 0. The van der Waals surface area contributed by atoms with Gasteiger partial charge in [-0.15, -0.1) is 0 Å². The van der Waals surface area contributed by atoms with E-state index in [2.05, 4.69) is 9.97 Å². The average molecular weight is 456 g/mol. The first-order valence-electron chi connectivity index (χ1n) is 11.3. The maximum absolute atomic E-state index is 13.6. The molecule has 2 fully saturated rings. The zero-order valence-corrected chi connectivity index (χ0v) is 18.1. The smallest absolute Gasteiger partial charge is 0.340 e. The van der Waals surface area contributed by atoms with E-state index in [0.29, 0.717) is 18.9 Å². The molecule has 0 radical (unpaired) electrons. The van der Waals surface area contributed by atoms with E-state index in [-0.39, 0.29) is 80.1 Å². The summed E-state index contributed by atoms with van der Waals surface area (Å²) in [5, 5.41) is 0. The molecule has 6 nitrogen and oxygen atoms in total. The van der Waals surface area contributed by atoms with Crippen LogP contribution in [-0.4, -0.2) is 57.4 Å². The Morgan fingerprint density at radius 1 is 1.19 bits per heavy atom. The van der Waals surface area contributed by atoms with Crippen LogP contribution in [0.15, 0.2) is 0 Å². The van der Waals surface area contributed by atoms with Crippen LogP contribution >= 0.6 is 0 Å². The van der Waals surface area contributed by atoms with Gasteiger partial charge in [0.1, 0.15) is 12.0 Å². The number of amides is 2. The van der Waals surface area contributed by atoms with Crippen LogP contribution < -0.4 is 0 Å². The van der Waals surface area contributed by atoms with Gasteiger partial charge in [-0.1, -0.05) is 6.92 Å². The predicted molar refractivity (Wildman–Crippen MR) is 107 cm³/mol. The van der Waals surface area contributed by atoms with Gasteiger partial charge in [0.2, 0.25) is 11.8 Å². The Bertz CT molecular complexity index is 887. The van der Waals surface area contributed by atoms with Crippen LogP contribution in [0.4, 0.5) is 17.6 Å². The molecular formula is C22H28F4N4O2. The van der Waals surface area contributed by atoms with E-state index in [1.165, 1.54) is 9.80 Å². The summed E-state index contributed by atoms with van der Waals surface area (Å²) in [6.07, 6.45) is -2.59. The number of carbonyl (C=O) groups is 2. The van der Waals surface area contributed by atoms with Gasteiger partial charge in [-0.05, 0) is 37.5 Å². The molecule has 4 rings (SSSR count). The second-order valence-electron chi connectivity index (χ2n) is 9.37. The van der Waals surface area contributed by atoms with Crippen molar-refractivity contribution >= 4 is 11.8 Å². The lowest BCUT2D eigenvalue weighted by Gasteiger charge is -2.33. The maximum Gasteiger partial charge on any atom is 0.433 e. The largest absolute Gasteiger partial charge is 0.433 e. The van der Waals surface area contributed by atoms with Gasteiger partial charge in [0.15, 0.2) is 5.69 Å². The van der Waals surface area contributed by atoms with Crippen LogP contribution in [0.3, 0.4) is 0 Å². The van der Waals surface area contributed by atoms with Crippen molar-refractivity contribution in [3.8, 4) is 0 Å². The highest BCUT2D eigenvalue weighted by Gasteiger charge is 2.39. The summed E-state index contributed by atoms with van der Waals surface area (Å²) < 4.78 is 54.4. The van der Waals surface area contributed by atoms with Crippen molar-refractivity contribution in [3.63, 3.8) is 0 Å². The van der Waals surface area contributed by atoms with E-state index < -0.39 is 18.0 Å². The fourth-order valence-electron chi connectivity index (χ4n) is 4.52. The molecule has 2 aliphatic heterocycles. The Morgan fingerprint density at radius 3 is 2.62 bits per heavy atom. The topological polar surface area (TPSA) is 66.4 Å². The summed E-state index contributed by atoms with van der Waals surface area (Å²) in [6.45, 7) is 2.36. The number of hydrogen-bond donors (Lipinski definition) is 0. The zero-order chi connectivity index (χ0) is 23.0. The zero-order valence-electron chi connectivity index (χ0n) is 18.1. The normalized spacial score (nSPS) is 22.7. The second-order valence-corrected chi connectivity index (χ2v) is 9.37. The van der Waals surface area contributed by atoms with E-state index in [1.807, 2.05) is 6.92 Å². The third-order valence-electron chi connectivity index (χ3n) is 6.40. The number of halogens is 4. The number of carbonyl (C=O) groups excluding carboxylic acids is 2. The Labute approximate surface area is 184 Å². The number of likely N-dealkylation sites (tertiary alicyclic amines) is 1. The molecule has 0 spiro atoms. The Morgan fingerprint density at radius 2 is 1.94 bits per heavy atom. The first-order chi connectivity index (χ1) is 15.1. The highest BCUT2D eigenvalue weighted by molar-refractivity contribution is 5.78. The highest BCUT2D eigenvalue weighted by atomic mass is 19.4. The predicted octanol–water partition coefficient (Wildman–Crippen LogP) is 3.32. The van der Waals surface area contributed by atoms with Crippen molar-refractivity contribution in [3.05, 3.63) is 22.8 Å². The van der Waals surface area contributed by atoms with Gasteiger partial charge < -0.3 is 9.80 Å². The molecule has 3 aliphatic rings. The fraction of sp³-hybridized carbons (Fsp3) is 0.727. The van der Waals surface area contributed by atoms with Gasteiger partial charge in [0.25, 0.3) is 0 Å². The molecule has 1 saturated carbocycles. The quantitative estimate of drug-likeness (QED) is 0.616. The molecule has 1 aromatic heterocycles. The van der Waals surface area contributed by atoms with Crippen molar-refractivity contribution in [2.75, 3.05) is 19.6 Å². The summed E-state index contributed by atoms with van der Waals surface area (Å²) in [5.74, 6) is 0.0630. The molecule has 0 bridgehead atoms. The highest BCUT2D eigenvalue weighted by Crippen LogP contribution is 2.36. The minimum Gasteiger partial charge on any atom is -0.340 e. The van der Waals surface area contributed by atoms with Crippen LogP contribution in [0.2, 0.25) is 0 Å². The van der Waals surface area contributed by atoms with Crippen LogP contribution in [0, 0.1) is 11.8 Å². The monoisotopic (exact) mass is 456 g/mol.